The maximum Gasteiger partial charge on any atom is 0.243 e. The Balaban J connectivity index is 1.37. The van der Waals surface area contributed by atoms with E-state index in [1.54, 1.807) is 13.4 Å². The van der Waals surface area contributed by atoms with Crippen molar-refractivity contribution >= 4 is 12.0 Å². The number of amides is 1. The smallest absolute Gasteiger partial charge is 0.243 e. The van der Waals surface area contributed by atoms with Crippen molar-refractivity contribution < 1.29 is 13.9 Å². The van der Waals surface area contributed by atoms with Crippen molar-refractivity contribution in [2.75, 3.05) is 20.2 Å². The van der Waals surface area contributed by atoms with Crippen molar-refractivity contribution in [3.63, 3.8) is 0 Å². The van der Waals surface area contributed by atoms with Crippen LogP contribution < -0.4 is 4.74 Å². The summed E-state index contributed by atoms with van der Waals surface area (Å²) in [6.07, 6.45) is 9.07. The average molecular weight is 378 g/mol. The molecule has 1 aromatic heterocycles. The van der Waals surface area contributed by atoms with Crippen LogP contribution in [0, 0.1) is 5.92 Å². The molecule has 5 rings (SSSR count). The summed E-state index contributed by atoms with van der Waals surface area (Å²) in [6.45, 7) is 2.46. The third-order valence-corrected chi connectivity index (χ3v) is 6.75. The monoisotopic (exact) mass is 378 g/mol. The molecule has 1 spiro atoms. The minimum absolute atomic E-state index is 0.301. The fourth-order valence-corrected chi connectivity index (χ4v) is 5.58. The second-order valence-corrected chi connectivity index (χ2v) is 8.09. The van der Waals surface area contributed by atoms with Crippen molar-refractivity contribution in [3.05, 3.63) is 60.1 Å². The van der Waals surface area contributed by atoms with E-state index in [-0.39, 0.29) is 5.54 Å². The number of furan rings is 1. The lowest BCUT2D eigenvalue weighted by molar-refractivity contribution is -0.137. The maximum absolute atomic E-state index is 13.6. The zero-order valence-electron chi connectivity index (χ0n) is 16.2. The van der Waals surface area contributed by atoms with Crippen LogP contribution in [-0.4, -0.2) is 47.5 Å². The van der Waals surface area contributed by atoms with E-state index >= 15 is 0 Å². The SMILES string of the molecule is COc1ccccc1CN1C[C@@H]2C[C@@H](/C=C/c3ccco3)N3CCC[C@@]23C1=O. The number of para-hydroxylation sites is 1. The molecule has 2 aromatic rings. The van der Waals surface area contributed by atoms with Gasteiger partial charge in [-0.15, -0.1) is 0 Å². The molecule has 0 N–H and O–H groups in total. The van der Waals surface area contributed by atoms with E-state index in [4.69, 9.17) is 9.15 Å². The van der Waals surface area contributed by atoms with Crippen LogP contribution in [0.2, 0.25) is 0 Å². The molecule has 1 amide bonds. The Labute approximate surface area is 165 Å². The van der Waals surface area contributed by atoms with Crippen LogP contribution in [-0.2, 0) is 11.3 Å². The summed E-state index contributed by atoms with van der Waals surface area (Å²) in [4.78, 5) is 18.1. The highest BCUT2D eigenvalue weighted by molar-refractivity contribution is 5.90. The van der Waals surface area contributed by atoms with Gasteiger partial charge in [0.25, 0.3) is 0 Å². The highest BCUT2D eigenvalue weighted by Crippen LogP contribution is 2.52. The summed E-state index contributed by atoms with van der Waals surface area (Å²) in [5, 5.41) is 0. The first-order chi connectivity index (χ1) is 13.7. The first-order valence-electron chi connectivity index (χ1n) is 10.1. The summed E-state index contributed by atoms with van der Waals surface area (Å²) < 4.78 is 10.9. The number of benzene rings is 1. The van der Waals surface area contributed by atoms with E-state index in [1.807, 2.05) is 35.2 Å². The first kappa shape index (κ1) is 17.6. The van der Waals surface area contributed by atoms with Gasteiger partial charge in [0.05, 0.1) is 13.4 Å². The van der Waals surface area contributed by atoms with Gasteiger partial charge in [0.2, 0.25) is 5.91 Å². The summed E-state index contributed by atoms with van der Waals surface area (Å²) in [5.74, 6) is 2.42. The van der Waals surface area contributed by atoms with E-state index in [9.17, 15) is 4.79 Å². The van der Waals surface area contributed by atoms with Gasteiger partial charge in [0.1, 0.15) is 17.0 Å². The van der Waals surface area contributed by atoms with Gasteiger partial charge in [-0.1, -0.05) is 24.3 Å². The van der Waals surface area contributed by atoms with Crippen LogP contribution in [0.4, 0.5) is 0 Å². The number of nitrogens with zero attached hydrogens (tertiary/aromatic N) is 2. The predicted octanol–water partition coefficient (Wildman–Crippen LogP) is 3.57. The number of hydrogen-bond acceptors (Lipinski definition) is 4. The molecule has 1 aromatic carbocycles. The molecule has 0 radical (unpaired) electrons. The largest absolute Gasteiger partial charge is 0.496 e. The molecule has 146 valence electrons. The highest BCUT2D eigenvalue weighted by atomic mass is 16.5. The Kier molecular flexibility index (Phi) is 4.27. The average Bonchev–Trinajstić information content (AvgIpc) is 3.47. The highest BCUT2D eigenvalue weighted by Gasteiger charge is 2.64. The normalized spacial score (nSPS) is 29.6. The van der Waals surface area contributed by atoms with Crippen LogP contribution in [0.5, 0.6) is 5.75 Å². The number of rotatable bonds is 5. The molecule has 0 unspecified atom stereocenters. The van der Waals surface area contributed by atoms with Gasteiger partial charge in [0, 0.05) is 30.6 Å². The van der Waals surface area contributed by atoms with E-state index in [0.29, 0.717) is 24.4 Å². The van der Waals surface area contributed by atoms with Crippen molar-refractivity contribution in [2.24, 2.45) is 5.92 Å². The van der Waals surface area contributed by atoms with E-state index in [2.05, 4.69) is 23.1 Å². The van der Waals surface area contributed by atoms with Gasteiger partial charge in [-0.3, -0.25) is 9.69 Å². The number of likely N-dealkylation sites (tertiary alicyclic amines) is 1. The minimum atomic E-state index is -0.305. The second-order valence-electron chi connectivity index (χ2n) is 8.09. The van der Waals surface area contributed by atoms with Gasteiger partial charge in [-0.05, 0) is 50.1 Å². The lowest BCUT2D eigenvalue weighted by atomic mass is 9.85. The third kappa shape index (κ3) is 2.60. The van der Waals surface area contributed by atoms with Crippen molar-refractivity contribution in [2.45, 2.75) is 37.4 Å². The Morgan fingerprint density at radius 1 is 1.29 bits per heavy atom. The Morgan fingerprint density at radius 3 is 3.00 bits per heavy atom. The standard InChI is InChI=1S/C23H26N2O3/c1-27-21-8-3-2-6-17(21)15-24-16-18-14-19(9-10-20-7-4-13-28-20)25-12-5-11-23(18,25)22(24)26/h2-4,6-10,13,18-19H,5,11-12,14-16H2,1H3/b10-9+/t18-,19+,23-/m0/s1. The number of carbonyl (C=O) groups excluding carboxylic acids is 1. The van der Waals surface area contributed by atoms with Crippen molar-refractivity contribution in [1.29, 1.82) is 0 Å². The van der Waals surface area contributed by atoms with Gasteiger partial charge in [0.15, 0.2) is 0 Å². The van der Waals surface area contributed by atoms with Crippen molar-refractivity contribution in [1.82, 2.24) is 9.80 Å². The molecule has 3 aliphatic heterocycles. The summed E-state index contributed by atoms with van der Waals surface area (Å²) >= 11 is 0. The zero-order valence-corrected chi connectivity index (χ0v) is 16.2. The van der Waals surface area contributed by atoms with Crippen molar-refractivity contribution in [3.8, 4) is 5.75 Å². The first-order valence-corrected chi connectivity index (χ1v) is 10.1. The van der Waals surface area contributed by atoms with E-state index in [1.165, 1.54) is 0 Å². The van der Waals surface area contributed by atoms with Gasteiger partial charge < -0.3 is 14.1 Å². The molecule has 0 saturated carbocycles. The number of ether oxygens (including phenoxy) is 1. The summed E-state index contributed by atoms with van der Waals surface area (Å²) in [5.41, 5.74) is 0.772. The molecule has 0 aliphatic carbocycles. The Morgan fingerprint density at radius 2 is 2.18 bits per heavy atom. The lowest BCUT2D eigenvalue weighted by Crippen LogP contribution is -2.50. The number of carbonyl (C=O) groups is 1. The van der Waals surface area contributed by atoms with Gasteiger partial charge >= 0.3 is 0 Å². The molecule has 28 heavy (non-hydrogen) atoms. The number of hydrogen-bond donors (Lipinski definition) is 0. The molecule has 3 aliphatic rings. The quantitative estimate of drug-likeness (QED) is 0.798. The molecule has 5 heteroatoms. The molecular weight excluding hydrogens is 352 g/mol. The lowest BCUT2D eigenvalue weighted by Gasteiger charge is -2.32. The van der Waals surface area contributed by atoms with Crippen LogP contribution in [0.15, 0.2) is 53.2 Å². The van der Waals surface area contributed by atoms with Gasteiger partial charge in [-0.2, -0.15) is 0 Å². The predicted molar refractivity (Wildman–Crippen MR) is 107 cm³/mol. The zero-order chi connectivity index (χ0) is 19.1. The second kappa shape index (κ2) is 6.82. The Hall–Kier alpha value is -2.53. The van der Waals surface area contributed by atoms with Crippen LogP contribution >= 0.6 is 0 Å². The Bertz CT molecular complexity index is 891. The third-order valence-electron chi connectivity index (χ3n) is 6.75. The molecule has 4 heterocycles. The fraction of sp³-hybridized carbons (Fsp3) is 0.435. The molecule has 3 fully saturated rings. The number of methoxy groups -OCH3 is 1. The molecule has 3 atom stereocenters. The summed E-state index contributed by atoms with van der Waals surface area (Å²) in [6, 6.07) is 12.2. The van der Waals surface area contributed by atoms with Gasteiger partial charge in [-0.25, -0.2) is 0 Å². The fourth-order valence-electron chi connectivity index (χ4n) is 5.58. The van der Waals surface area contributed by atoms with E-state index in [0.717, 1.165) is 49.4 Å². The minimum Gasteiger partial charge on any atom is -0.496 e. The topological polar surface area (TPSA) is 45.9 Å². The molecule has 5 nitrogen and oxygen atoms in total. The maximum atomic E-state index is 13.6. The summed E-state index contributed by atoms with van der Waals surface area (Å²) in [7, 11) is 1.69. The molecule has 0 bridgehead atoms. The van der Waals surface area contributed by atoms with Crippen LogP contribution in [0.3, 0.4) is 0 Å². The molecule has 3 saturated heterocycles. The van der Waals surface area contributed by atoms with E-state index < -0.39 is 0 Å². The van der Waals surface area contributed by atoms with Crippen LogP contribution in [0.25, 0.3) is 6.08 Å². The molecular formula is C23H26N2O3. The van der Waals surface area contributed by atoms with Crippen LogP contribution in [0.1, 0.15) is 30.6 Å².